The number of nitrogens with one attached hydrogen (secondary N) is 1. The number of pyridine rings is 1. The Hall–Kier alpha value is -1.84. The number of halogens is 1. The maximum atomic E-state index is 14.1. The van der Waals surface area contributed by atoms with Crippen LogP contribution in [0.3, 0.4) is 0 Å². The van der Waals surface area contributed by atoms with Gasteiger partial charge in [0.05, 0.1) is 21.9 Å². The topological polar surface area (TPSA) is 91.6 Å². The number of aromatic nitrogens is 1. The van der Waals surface area contributed by atoms with Gasteiger partial charge in [-0.1, -0.05) is 0 Å². The lowest BCUT2D eigenvalue weighted by molar-refractivity contribution is 0.0823. The molecule has 150 valence electrons. The summed E-state index contributed by atoms with van der Waals surface area (Å²) in [5.74, 6) is -0.717. The van der Waals surface area contributed by atoms with Crippen LogP contribution in [0.15, 0.2) is 14.6 Å². The second-order valence-electron chi connectivity index (χ2n) is 7.67. The van der Waals surface area contributed by atoms with Crippen LogP contribution in [0.1, 0.15) is 54.1 Å². The number of aryl methyl sites for hydroxylation is 2. The highest BCUT2D eigenvalue weighted by Gasteiger charge is 2.27. The predicted molar refractivity (Wildman–Crippen MR) is 107 cm³/mol. The minimum absolute atomic E-state index is 0.132. The Balaban J connectivity index is 1.62. The molecule has 0 bridgehead atoms. The van der Waals surface area contributed by atoms with Gasteiger partial charge in [0.25, 0.3) is 0 Å². The van der Waals surface area contributed by atoms with Gasteiger partial charge in [0.2, 0.25) is 0 Å². The highest BCUT2D eigenvalue weighted by Crippen LogP contribution is 2.37. The van der Waals surface area contributed by atoms with E-state index in [1.807, 2.05) is 0 Å². The third-order valence-corrected chi connectivity index (χ3v) is 8.00. The van der Waals surface area contributed by atoms with Crippen LogP contribution in [-0.2, 0) is 41.9 Å². The molecule has 1 unspecified atom stereocenters. The van der Waals surface area contributed by atoms with E-state index in [1.165, 1.54) is 13.8 Å². The van der Waals surface area contributed by atoms with Gasteiger partial charge in [-0.15, -0.1) is 15.7 Å². The molecule has 2 amide bonds. The number of fused-ring (bicyclic) bond motifs is 2. The number of aliphatic hydroxyl groups is 1. The van der Waals surface area contributed by atoms with Gasteiger partial charge in [-0.05, 0) is 69.6 Å². The zero-order valence-electron chi connectivity index (χ0n) is 15.7. The van der Waals surface area contributed by atoms with Crippen molar-refractivity contribution in [2.24, 2.45) is 4.36 Å². The number of urea groups is 1. The van der Waals surface area contributed by atoms with E-state index in [9.17, 15) is 18.5 Å². The highest BCUT2D eigenvalue weighted by molar-refractivity contribution is 7.78. The molecular formula is C19H22FN3O3S2. The smallest absolute Gasteiger partial charge is 0.353 e. The Bertz CT molecular complexity index is 1020. The zero-order valence-corrected chi connectivity index (χ0v) is 17.4. The van der Waals surface area contributed by atoms with Gasteiger partial charge in [-0.2, -0.15) is 0 Å². The van der Waals surface area contributed by atoms with Crippen molar-refractivity contribution in [3.8, 4) is 0 Å². The fraction of sp³-hybridized carbons (Fsp3) is 0.474. The van der Waals surface area contributed by atoms with Crippen LogP contribution in [0.25, 0.3) is 0 Å². The maximum Gasteiger partial charge on any atom is 0.353 e. The van der Waals surface area contributed by atoms with Crippen LogP contribution >= 0.6 is 11.3 Å². The van der Waals surface area contributed by atoms with Gasteiger partial charge in [-0.3, -0.25) is 4.98 Å². The van der Waals surface area contributed by atoms with Crippen LogP contribution in [0, 0.1) is 5.82 Å². The summed E-state index contributed by atoms with van der Waals surface area (Å²) in [6.45, 7) is 3.03. The summed E-state index contributed by atoms with van der Waals surface area (Å²) in [5, 5.41) is 12.8. The van der Waals surface area contributed by atoms with E-state index in [-0.39, 0.29) is 4.21 Å². The van der Waals surface area contributed by atoms with Gasteiger partial charge in [0, 0.05) is 16.3 Å². The van der Waals surface area contributed by atoms with Crippen LogP contribution in [0.4, 0.5) is 14.9 Å². The van der Waals surface area contributed by atoms with E-state index in [2.05, 4.69) is 9.68 Å². The quantitative estimate of drug-likeness (QED) is 0.656. The number of amides is 2. The molecular weight excluding hydrogens is 401 g/mol. The van der Waals surface area contributed by atoms with E-state index >= 15 is 0 Å². The summed E-state index contributed by atoms with van der Waals surface area (Å²) in [6.07, 6.45) is 5.50. The fourth-order valence-electron chi connectivity index (χ4n) is 3.79. The lowest BCUT2D eigenvalue weighted by Crippen LogP contribution is -2.13. The lowest BCUT2D eigenvalue weighted by atomic mass is 10.1. The maximum absolute atomic E-state index is 14.1. The van der Waals surface area contributed by atoms with E-state index in [0.717, 1.165) is 84.1 Å². The lowest BCUT2D eigenvalue weighted by Gasteiger charge is -2.14. The van der Waals surface area contributed by atoms with Gasteiger partial charge >= 0.3 is 6.03 Å². The highest BCUT2D eigenvalue weighted by atomic mass is 32.2. The third-order valence-electron chi connectivity index (χ3n) is 5.11. The molecule has 2 N–H and O–H groups in total. The molecule has 2 heterocycles. The monoisotopic (exact) mass is 423 g/mol. The molecule has 0 saturated carbocycles. The zero-order chi connectivity index (χ0) is 20.1. The first kappa shape index (κ1) is 19.5. The number of carbonyl (C=O) groups excluding carboxylic acids is 1. The fourth-order valence-corrected chi connectivity index (χ4v) is 5.85. The Morgan fingerprint density at radius 1 is 1.25 bits per heavy atom. The third kappa shape index (κ3) is 3.58. The molecule has 9 heteroatoms. The SMILES string of the molecule is CC(C)(O)c1cc(F)c(/[SH](=O)=N/C(=O)Nc2c3c(nc4c2CCC4)CCC3)s1. The van der Waals surface area contributed by atoms with E-state index in [0.29, 0.717) is 4.88 Å². The Labute approximate surface area is 168 Å². The summed E-state index contributed by atoms with van der Waals surface area (Å²) in [5.41, 5.74) is 3.66. The molecule has 0 radical (unpaired) electrons. The normalized spacial score (nSPS) is 16.9. The van der Waals surface area contributed by atoms with Crippen LogP contribution < -0.4 is 5.32 Å². The second-order valence-corrected chi connectivity index (χ2v) is 10.2. The van der Waals surface area contributed by atoms with Crippen molar-refractivity contribution in [1.29, 1.82) is 0 Å². The number of thiol groups is 1. The average molecular weight is 424 g/mol. The predicted octanol–water partition coefficient (Wildman–Crippen LogP) is 3.74. The molecule has 1 atom stereocenters. The molecule has 0 aromatic carbocycles. The number of nitrogens with zero attached hydrogens (tertiary/aromatic N) is 2. The van der Waals surface area contributed by atoms with E-state index < -0.39 is 28.0 Å². The largest absolute Gasteiger partial charge is 0.385 e. The van der Waals surface area contributed by atoms with E-state index in [4.69, 9.17) is 4.98 Å². The summed E-state index contributed by atoms with van der Waals surface area (Å²) in [4.78, 5) is 17.5. The summed E-state index contributed by atoms with van der Waals surface area (Å²) >= 11 is 0.871. The standard InChI is InChI=1S/C19H22FN3O3S2/c1-19(2,25)15-9-12(20)17(27-15)28(26)23-18(24)22-16-10-5-3-7-13(10)21-14-8-4-6-11(14)16/h9,25,28H,3-8H2,1-2H3,(H,21,22,24). The second kappa shape index (κ2) is 7.20. The first-order valence-electron chi connectivity index (χ1n) is 9.29. The Morgan fingerprint density at radius 2 is 1.86 bits per heavy atom. The molecule has 0 fully saturated rings. The first-order valence-corrected chi connectivity index (χ1v) is 11.3. The first-order chi connectivity index (χ1) is 13.2. The minimum Gasteiger partial charge on any atom is -0.385 e. The molecule has 2 aromatic rings. The molecule has 0 aliphatic heterocycles. The molecule has 6 nitrogen and oxygen atoms in total. The van der Waals surface area contributed by atoms with Crippen LogP contribution in [-0.4, -0.2) is 20.3 Å². The van der Waals surface area contributed by atoms with Crippen molar-refractivity contribution in [3.05, 3.63) is 39.3 Å². The number of anilines is 1. The Kier molecular flexibility index (Phi) is 5.01. The van der Waals surface area contributed by atoms with Gasteiger partial charge in [-0.25, -0.2) is 13.4 Å². The summed E-state index contributed by atoms with van der Waals surface area (Å²) in [6, 6.07) is 0.400. The van der Waals surface area contributed by atoms with Crippen molar-refractivity contribution in [1.82, 2.24) is 4.98 Å². The van der Waals surface area contributed by atoms with Gasteiger partial charge in [0.15, 0.2) is 5.82 Å². The van der Waals surface area contributed by atoms with Crippen molar-refractivity contribution < 1.29 is 18.5 Å². The molecule has 28 heavy (non-hydrogen) atoms. The van der Waals surface area contributed by atoms with Gasteiger partial charge in [0.1, 0.15) is 4.21 Å². The summed E-state index contributed by atoms with van der Waals surface area (Å²) in [7, 11) is -2.59. The molecule has 0 spiro atoms. The Morgan fingerprint density at radius 3 is 2.39 bits per heavy atom. The van der Waals surface area contributed by atoms with Gasteiger partial charge < -0.3 is 10.4 Å². The van der Waals surface area contributed by atoms with E-state index in [1.54, 1.807) is 0 Å². The van der Waals surface area contributed by atoms with Crippen LogP contribution in [0.2, 0.25) is 0 Å². The molecule has 2 aliphatic carbocycles. The minimum atomic E-state index is -2.59. The molecule has 2 aliphatic rings. The van der Waals surface area contributed by atoms with Crippen molar-refractivity contribution >= 4 is 33.7 Å². The average Bonchev–Trinajstić information content (AvgIpc) is 3.32. The number of hydrogen-bond donors (Lipinski definition) is 3. The molecule has 2 aromatic heterocycles. The van der Waals surface area contributed by atoms with Crippen molar-refractivity contribution in [3.63, 3.8) is 0 Å². The number of thiophene rings is 1. The molecule has 4 rings (SSSR count). The molecule has 0 saturated heterocycles. The van der Waals surface area contributed by atoms with Crippen molar-refractivity contribution in [2.45, 2.75) is 62.2 Å². The number of rotatable bonds is 3. The summed E-state index contributed by atoms with van der Waals surface area (Å²) < 4.78 is 30.2. The number of carbonyl (C=O) groups is 1. The van der Waals surface area contributed by atoms with Crippen molar-refractivity contribution in [2.75, 3.05) is 5.32 Å². The van der Waals surface area contributed by atoms with Crippen LogP contribution in [0.5, 0.6) is 0 Å². The number of hydrogen-bond acceptors (Lipinski definition) is 5.